The standard InChI is InChI=1S/C27H31N3O5/c1-27(2,3)35-26(34)29-14-5-6-16(13-15-29)17-9-10-19-23-18(17)7-4-8-20(23)30(25(19)33)21-11-12-22(31)28-24(21)32/h4,7-10,16,21H,5-6,11-15H2,1-3H3,(H,28,31,32)/t16-,21?/m0/s1. The molecule has 3 aliphatic rings. The number of piperidine rings is 1. The van der Waals surface area contributed by atoms with Crippen molar-refractivity contribution in [3.05, 3.63) is 41.5 Å². The maximum absolute atomic E-state index is 13.4. The maximum Gasteiger partial charge on any atom is 0.410 e. The van der Waals surface area contributed by atoms with Gasteiger partial charge in [0.1, 0.15) is 11.6 Å². The van der Waals surface area contributed by atoms with E-state index < -0.39 is 17.6 Å². The molecule has 0 saturated carbocycles. The van der Waals surface area contributed by atoms with E-state index in [-0.39, 0.29) is 30.2 Å². The van der Waals surface area contributed by atoms with Gasteiger partial charge in [0.25, 0.3) is 5.91 Å². The van der Waals surface area contributed by atoms with E-state index in [2.05, 4.69) is 5.32 Å². The zero-order chi connectivity index (χ0) is 24.9. The summed E-state index contributed by atoms with van der Waals surface area (Å²) >= 11 is 0. The lowest BCUT2D eigenvalue weighted by Crippen LogP contribution is -2.53. The lowest BCUT2D eigenvalue weighted by atomic mass is 9.87. The topological polar surface area (TPSA) is 96.0 Å². The van der Waals surface area contributed by atoms with Crippen LogP contribution in [0.4, 0.5) is 10.5 Å². The fourth-order valence-corrected chi connectivity index (χ4v) is 5.54. The third-order valence-corrected chi connectivity index (χ3v) is 7.10. The molecule has 0 radical (unpaired) electrons. The van der Waals surface area contributed by atoms with Crippen LogP contribution < -0.4 is 10.2 Å². The molecule has 8 heteroatoms. The first-order chi connectivity index (χ1) is 16.6. The van der Waals surface area contributed by atoms with Crippen molar-refractivity contribution in [2.24, 2.45) is 0 Å². The van der Waals surface area contributed by atoms with Crippen molar-refractivity contribution in [1.29, 1.82) is 0 Å². The minimum absolute atomic E-state index is 0.200. The number of benzene rings is 2. The lowest BCUT2D eigenvalue weighted by molar-refractivity contribution is -0.134. The second kappa shape index (κ2) is 8.66. The molecule has 3 aliphatic heterocycles. The van der Waals surface area contributed by atoms with Gasteiger partial charge in [0, 0.05) is 30.5 Å². The Morgan fingerprint density at radius 2 is 1.83 bits per heavy atom. The highest BCUT2D eigenvalue weighted by Crippen LogP contribution is 2.43. The fourth-order valence-electron chi connectivity index (χ4n) is 5.54. The van der Waals surface area contributed by atoms with Crippen molar-refractivity contribution in [2.75, 3.05) is 18.0 Å². The van der Waals surface area contributed by atoms with E-state index in [1.807, 2.05) is 51.1 Å². The molecular formula is C27H31N3O5. The van der Waals surface area contributed by atoms with Crippen LogP contribution in [-0.2, 0) is 14.3 Å². The third-order valence-electron chi connectivity index (χ3n) is 7.10. The van der Waals surface area contributed by atoms with Crippen LogP contribution in [0.5, 0.6) is 0 Å². The third kappa shape index (κ3) is 4.26. The maximum atomic E-state index is 13.4. The van der Waals surface area contributed by atoms with Crippen LogP contribution in [0.15, 0.2) is 30.3 Å². The minimum Gasteiger partial charge on any atom is -0.444 e. The van der Waals surface area contributed by atoms with E-state index in [1.165, 1.54) is 0 Å². The number of nitrogens with one attached hydrogen (secondary N) is 1. The van der Waals surface area contributed by atoms with Gasteiger partial charge in [0.2, 0.25) is 11.8 Å². The van der Waals surface area contributed by atoms with Gasteiger partial charge in [-0.3, -0.25) is 24.6 Å². The van der Waals surface area contributed by atoms with Crippen molar-refractivity contribution < 1.29 is 23.9 Å². The molecule has 5 rings (SSSR count). The molecule has 0 spiro atoms. The fraction of sp³-hybridized carbons (Fsp3) is 0.481. The molecule has 0 aromatic heterocycles. The average molecular weight is 478 g/mol. The number of carbonyl (C=O) groups excluding carboxylic acids is 4. The molecule has 4 amide bonds. The van der Waals surface area contributed by atoms with Gasteiger partial charge in [-0.2, -0.15) is 0 Å². The Morgan fingerprint density at radius 1 is 1.03 bits per heavy atom. The van der Waals surface area contributed by atoms with Crippen LogP contribution in [0.3, 0.4) is 0 Å². The van der Waals surface area contributed by atoms with E-state index in [0.717, 1.165) is 41.3 Å². The van der Waals surface area contributed by atoms with Gasteiger partial charge in [0.15, 0.2) is 0 Å². The number of hydrogen-bond donors (Lipinski definition) is 1. The first kappa shape index (κ1) is 23.3. The van der Waals surface area contributed by atoms with Gasteiger partial charge >= 0.3 is 6.09 Å². The van der Waals surface area contributed by atoms with Crippen LogP contribution in [0, 0.1) is 0 Å². The quantitative estimate of drug-likeness (QED) is 0.657. The van der Waals surface area contributed by atoms with Crippen molar-refractivity contribution in [3.8, 4) is 0 Å². The number of hydrogen-bond acceptors (Lipinski definition) is 5. The second-order valence-electron chi connectivity index (χ2n) is 10.6. The molecular weight excluding hydrogens is 446 g/mol. The number of carbonyl (C=O) groups is 4. The molecule has 184 valence electrons. The van der Waals surface area contributed by atoms with Crippen LogP contribution in [0.1, 0.15) is 74.7 Å². The van der Waals surface area contributed by atoms with Gasteiger partial charge in [-0.05, 0) is 75.5 Å². The number of nitrogens with zero attached hydrogens (tertiary/aromatic N) is 2. The Bertz CT molecular complexity index is 1230. The molecule has 3 heterocycles. The van der Waals surface area contributed by atoms with Gasteiger partial charge in [-0.1, -0.05) is 18.2 Å². The van der Waals surface area contributed by atoms with Crippen LogP contribution in [0.25, 0.3) is 10.8 Å². The van der Waals surface area contributed by atoms with Crippen molar-refractivity contribution in [3.63, 3.8) is 0 Å². The highest BCUT2D eigenvalue weighted by atomic mass is 16.6. The van der Waals surface area contributed by atoms with Crippen LogP contribution >= 0.6 is 0 Å². The van der Waals surface area contributed by atoms with Crippen molar-refractivity contribution in [2.45, 2.75) is 70.4 Å². The number of amides is 4. The summed E-state index contributed by atoms with van der Waals surface area (Å²) in [5, 5.41) is 4.25. The number of likely N-dealkylation sites (tertiary alicyclic amines) is 1. The molecule has 2 saturated heterocycles. The molecule has 2 aromatic carbocycles. The van der Waals surface area contributed by atoms with Gasteiger partial charge in [0.05, 0.1) is 5.69 Å². The van der Waals surface area contributed by atoms with Crippen LogP contribution in [-0.4, -0.2) is 53.4 Å². The summed E-state index contributed by atoms with van der Waals surface area (Å²) in [6.07, 6.45) is 2.87. The van der Waals surface area contributed by atoms with E-state index in [4.69, 9.17) is 4.74 Å². The van der Waals surface area contributed by atoms with E-state index >= 15 is 0 Å². The van der Waals surface area contributed by atoms with Crippen molar-refractivity contribution >= 4 is 40.3 Å². The Labute approximate surface area is 204 Å². The van der Waals surface area contributed by atoms with Gasteiger partial charge < -0.3 is 9.64 Å². The summed E-state index contributed by atoms with van der Waals surface area (Å²) in [5.74, 6) is -0.684. The summed E-state index contributed by atoms with van der Waals surface area (Å²) in [6.45, 7) is 6.89. The number of anilines is 1. The predicted molar refractivity (Wildman–Crippen MR) is 131 cm³/mol. The monoisotopic (exact) mass is 477 g/mol. The van der Waals surface area contributed by atoms with E-state index in [1.54, 1.807) is 9.80 Å². The Balaban J connectivity index is 1.44. The Hall–Kier alpha value is -3.42. The predicted octanol–water partition coefficient (Wildman–Crippen LogP) is 4.11. The summed E-state index contributed by atoms with van der Waals surface area (Å²) in [4.78, 5) is 53.5. The van der Waals surface area contributed by atoms with Gasteiger partial charge in [-0.15, -0.1) is 0 Å². The first-order valence-electron chi connectivity index (χ1n) is 12.3. The number of ether oxygens (including phenoxy) is 1. The molecule has 2 aromatic rings. The summed E-state index contributed by atoms with van der Waals surface area (Å²) in [6, 6.07) is 9.04. The normalized spacial score (nSPS) is 22.9. The molecule has 1 N–H and O–H groups in total. The molecule has 35 heavy (non-hydrogen) atoms. The van der Waals surface area contributed by atoms with E-state index in [0.29, 0.717) is 25.1 Å². The highest BCUT2D eigenvalue weighted by Gasteiger charge is 2.41. The smallest absolute Gasteiger partial charge is 0.410 e. The van der Waals surface area contributed by atoms with Crippen molar-refractivity contribution in [1.82, 2.24) is 10.2 Å². The summed E-state index contributed by atoms with van der Waals surface area (Å²) in [5.41, 5.74) is 1.95. The molecule has 2 fully saturated rings. The zero-order valence-electron chi connectivity index (χ0n) is 20.4. The Kier molecular flexibility index (Phi) is 5.77. The summed E-state index contributed by atoms with van der Waals surface area (Å²) < 4.78 is 5.57. The SMILES string of the molecule is CC(C)(C)OC(=O)N1CCC[C@H](c2ccc3c4c(cccc24)N(C2CCC(=O)NC2=O)C3=O)CC1. The largest absolute Gasteiger partial charge is 0.444 e. The number of rotatable bonds is 2. The summed E-state index contributed by atoms with van der Waals surface area (Å²) in [7, 11) is 0. The van der Waals surface area contributed by atoms with E-state index in [9.17, 15) is 19.2 Å². The molecule has 8 nitrogen and oxygen atoms in total. The molecule has 1 unspecified atom stereocenters. The second-order valence-corrected chi connectivity index (χ2v) is 10.6. The molecule has 0 aliphatic carbocycles. The van der Waals surface area contributed by atoms with Gasteiger partial charge in [-0.25, -0.2) is 4.79 Å². The minimum atomic E-state index is -0.693. The number of imide groups is 1. The zero-order valence-corrected chi connectivity index (χ0v) is 20.4. The molecule has 2 atom stereocenters. The lowest BCUT2D eigenvalue weighted by Gasteiger charge is -2.30. The Morgan fingerprint density at radius 3 is 2.57 bits per heavy atom. The average Bonchev–Trinajstić information content (AvgIpc) is 2.94. The highest BCUT2D eigenvalue weighted by molar-refractivity contribution is 6.27. The van der Waals surface area contributed by atoms with Crippen LogP contribution in [0.2, 0.25) is 0 Å². The molecule has 0 bridgehead atoms. The first-order valence-corrected chi connectivity index (χ1v) is 12.3.